The Morgan fingerprint density at radius 2 is 1.89 bits per heavy atom. The molecule has 0 radical (unpaired) electrons. The normalized spacial score (nSPS) is 34.1. The lowest BCUT2D eigenvalue weighted by Gasteiger charge is -2.39. The van der Waals surface area contributed by atoms with E-state index in [-0.39, 0.29) is 23.9 Å². The molecule has 18 heavy (non-hydrogen) atoms. The largest absolute Gasteiger partial charge is 0.388 e. The highest BCUT2D eigenvalue weighted by molar-refractivity contribution is 5.85. The van der Waals surface area contributed by atoms with E-state index < -0.39 is 0 Å². The van der Waals surface area contributed by atoms with Gasteiger partial charge in [0.05, 0.1) is 6.10 Å². The van der Waals surface area contributed by atoms with Crippen molar-refractivity contribution >= 4 is 12.4 Å². The Morgan fingerprint density at radius 3 is 2.50 bits per heavy atom. The van der Waals surface area contributed by atoms with Crippen LogP contribution in [0, 0.1) is 5.41 Å². The number of fused-ring (bicyclic) bond motifs is 1. The van der Waals surface area contributed by atoms with Crippen LogP contribution in [0.25, 0.3) is 0 Å². The van der Waals surface area contributed by atoms with Crippen LogP contribution in [0.1, 0.15) is 42.9 Å². The molecule has 1 saturated carbocycles. The number of aliphatic hydroxyl groups is 1. The number of benzene rings is 1. The molecule has 0 aliphatic heterocycles. The van der Waals surface area contributed by atoms with E-state index in [0.717, 1.165) is 19.3 Å². The van der Waals surface area contributed by atoms with E-state index in [0.29, 0.717) is 6.04 Å². The van der Waals surface area contributed by atoms with Gasteiger partial charge in [0.25, 0.3) is 0 Å². The van der Waals surface area contributed by atoms with Crippen LogP contribution in [-0.4, -0.2) is 18.2 Å². The molecule has 100 valence electrons. The lowest BCUT2D eigenvalue weighted by Crippen LogP contribution is -2.38. The molecule has 1 aromatic carbocycles. The summed E-state index contributed by atoms with van der Waals surface area (Å²) < 4.78 is 0. The van der Waals surface area contributed by atoms with Gasteiger partial charge in [0.15, 0.2) is 0 Å². The second-order valence-electron chi connectivity index (χ2n) is 5.70. The molecular formula is C15H22ClNO. The summed E-state index contributed by atoms with van der Waals surface area (Å²) in [6.45, 7) is 0. The van der Waals surface area contributed by atoms with Crippen LogP contribution in [0.4, 0.5) is 0 Å². The molecule has 3 rings (SSSR count). The number of hydrogen-bond donors (Lipinski definition) is 2. The average molecular weight is 268 g/mol. The fraction of sp³-hybridized carbons (Fsp3) is 0.600. The van der Waals surface area contributed by atoms with Crippen molar-refractivity contribution in [2.24, 2.45) is 5.41 Å². The van der Waals surface area contributed by atoms with E-state index in [9.17, 15) is 5.11 Å². The van der Waals surface area contributed by atoms with E-state index in [2.05, 4.69) is 23.5 Å². The monoisotopic (exact) mass is 267 g/mol. The average Bonchev–Trinajstić information content (AvgIpc) is 2.65. The van der Waals surface area contributed by atoms with Crippen LogP contribution in [0.3, 0.4) is 0 Å². The summed E-state index contributed by atoms with van der Waals surface area (Å²) in [5, 5.41) is 14.0. The molecule has 3 heteroatoms. The van der Waals surface area contributed by atoms with Crippen molar-refractivity contribution in [3.63, 3.8) is 0 Å². The van der Waals surface area contributed by atoms with Crippen LogP contribution in [0.2, 0.25) is 0 Å². The predicted octanol–water partition coefficient (Wildman–Crippen LogP) is 2.85. The van der Waals surface area contributed by atoms with Gasteiger partial charge in [-0.15, -0.1) is 12.4 Å². The molecule has 2 aliphatic rings. The van der Waals surface area contributed by atoms with E-state index in [1.807, 2.05) is 13.1 Å². The fourth-order valence-electron chi connectivity index (χ4n) is 3.70. The Labute approximate surface area is 115 Å². The summed E-state index contributed by atoms with van der Waals surface area (Å²) in [6.07, 6.45) is 5.52. The summed E-state index contributed by atoms with van der Waals surface area (Å²) >= 11 is 0. The minimum absolute atomic E-state index is 0. The van der Waals surface area contributed by atoms with Gasteiger partial charge in [-0.25, -0.2) is 0 Å². The molecule has 0 aromatic heterocycles. The standard InChI is InChI=1S/C15H21NO.ClH/c1-16-12-6-8-15(9-7-12)10-11-4-2-3-5-13(11)14(15)17;/h2-5,12,14,16-17H,6-10H2,1H3;1H. The number of halogens is 1. The maximum Gasteiger partial charge on any atom is 0.0852 e. The molecule has 2 aliphatic carbocycles. The zero-order chi connectivity index (χ0) is 11.9. The van der Waals surface area contributed by atoms with Gasteiger partial charge < -0.3 is 10.4 Å². The van der Waals surface area contributed by atoms with Gasteiger partial charge in [0.2, 0.25) is 0 Å². The molecule has 0 bridgehead atoms. The quantitative estimate of drug-likeness (QED) is 0.820. The number of hydrogen-bond acceptors (Lipinski definition) is 2. The molecule has 0 amide bonds. The van der Waals surface area contributed by atoms with Crippen LogP contribution in [0.5, 0.6) is 0 Å². The van der Waals surface area contributed by atoms with Crippen molar-refractivity contribution in [2.75, 3.05) is 7.05 Å². The summed E-state index contributed by atoms with van der Waals surface area (Å²) in [5.41, 5.74) is 2.68. The molecule has 0 heterocycles. The second-order valence-corrected chi connectivity index (χ2v) is 5.70. The van der Waals surface area contributed by atoms with Crippen molar-refractivity contribution in [1.82, 2.24) is 5.32 Å². The summed E-state index contributed by atoms with van der Waals surface area (Å²) in [7, 11) is 2.04. The number of rotatable bonds is 1. The third-order valence-electron chi connectivity index (χ3n) is 4.86. The van der Waals surface area contributed by atoms with Gasteiger partial charge in [-0.05, 0) is 50.3 Å². The first-order valence-corrected chi connectivity index (χ1v) is 6.68. The predicted molar refractivity (Wildman–Crippen MR) is 76.1 cm³/mol. The molecule has 1 spiro atoms. The highest BCUT2D eigenvalue weighted by Gasteiger charge is 2.46. The zero-order valence-corrected chi connectivity index (χ0v) is 11.7. The van der Waals surface area contributed by atoms with E-state index in [1.54, 1.807) is 0 Å². The maximum atomic E-state index is 10.6. The van der Waals surface area contributed by atoms with Gasteiger partial charge in [0.1, 0.15) is 0 Å². The first-order valence-electron chi connectivity index (χ1n) is 6.68. The molecular weight excluding hydrogens is 246 g/mol. The molecule has 2 N–H and O–H groups in total. The van der Waals surface area contributed by atoms with Crippen molar-refractivity contribution in [2.45, 2.75) is 44.2 Å². The minimum atomic E-state index is -0.239. The molecule has 2 nitrogen and oxygen atoms in total. The van der Waals surface area contributed by atoms with Crippen molar-refractivity contribution < 1.29 is 5.11 Å². The van der Waals surface area contributed by atoms with Crippen molar-refractivity contribution in [3.8, 4) is 0 Å². The SMILES string of the molecule is CNC1CCC2(CC1)Cc1ccccc1C2O.Cl. The molecule has 1 aromatic rings. The molecule has 1 unspecified atom stereocenters. The van der Waals surface area contributed by atoms with Gasteiger partial charge in [0, 0.05) is 11.5 Å². The number of nitrogens with one attached hydrogen (secondary N) is 1. The van der Waals surface area contributed by atoms with Gasteiger partial charge >= 0.3 is 0 Å². The summed E-state index contributed by atoms with van der Waals surface area (Å²) in [6, 6.07) is 9.05. The van der Waals surface area contributed by atoms with E-state index in [4.69, 9.17) is 0 Å². The fourth-order valence-corrected chi connectivity index (χ4v) is 3.70. The first kappa shape index (κ1) is 13.9. The summed E-state index contributed by atoms with van der Waals surface area (Å²) in [4.78, 5) is 0. The van der Waals surface area contributed by atoms with Crippen molar-refractivity contribution in [1.29, 1.82) is 0 Å². The summed E-state index contributed by atoms with van der Waals surface area (Å²) in [5.74, 6) is 0. The van der Waals surface area contributed by atoms with Gasteiger partial charge in [-0.2, -0.15) is 0 Å². The Balaban J connectivity index is 0.00000120. The second kappa shape index (κ2) is 5.20. The number of aliphatic hydroxyl groups excluding tert-OH is 1. The lowest BCUT2D eigenvalue weighted by molar-refractivity contribution is 0.00402. The van der Waals surface area contributed by atoms with Gasteiger partial charge in [-0.3, -0.25) is 0 Å². The third-order valence-corrected chi connectivity index (χ3v) is 4.86. The maximum absolute atomic E-state index is 10.6. The first-order chi connectivity index (χ1) is 8.25. The zero-order valence-electron chi connectivity index (χ0n) is 10.9. The van der Waals surface area contributed by atoms with Crippen molar-refractivity contribution in [3.05, 3.63) is 35.4 Å². The molecule has 1 fully saturated rings. The Kier molecular flexibility index (Phi) is 4.00. The Morgan fingerprint density at radius 1 is 1.22 bits per heavy atom. The lowest BCUT2D eigenvalue weighted by atomic mass is 9.69. The van der Waals surface area contributed by atoms with Gasteiger partial charge in [-0.1, -0.05) is 24.3 Å². The minimum Gasteiger partial charge on any atom is -0.388 e. The van der Waals surface area contributed by atoms with E-state index in [1.165, 1.54) is 24.0 Å². The Hall–Kier alpha value is -0.570. The molecule has 0 saturated heterocycles. The van der Waals surface area contributed by atoms with Crippen LogP contribution >= 0.6 is 12.4 Å². The highest BCUT2D eigenvalue weighted by Crippen LogP contribution is 2.53. The van der Waals surface area contributed by atoms with Crippen LogP contribution in [-0.2, 0) is 6.42 Å². The van der Waals surface area contributed by atoms with E-state index >= 15 is 0 Å². The highest BCUT2D eigenvalue weighted by atomic mass is 35.5. The third kappa shape index (κ3) is 2.07. The molecule has 1 atom stereocenters. The Bertz CT molecular complexity index is 413. The smallest absolute Gasteiger partial charge is 0.0852 e. The van der Waals surface area contributed by atoms with Crippen LogP contribution in [0.15, 0.2) is 24.3 Å². The topological polar surface area (TPSA) is 32.3 Å². The van der Waals surface area contributed by atoms with Crippen LogP contribution < -0.4 is 5.32 Å².